The van der Waals surface area contributed by atoms with Crippen LogP contribution in [0.2, 0.25) is 0 Å². The zero-order valence-corrected chi connectivity index (χ0v) is 19.5. The normalized spacial score (nSPS) is 25.4. The van der Waals surface area contributed by atoms with Crippen molar-refractivity contribution in [2.45, 2.75) is 97.0 Å². The number of likely N-dealkylation sites (tertiary alicyclic amines) is 1. The number of carbonyl (C=O) groups excluding carboxylic acids is 1. The molecule has 8 heteroatoms. The van der Waals surface area contributed by atoms with Crippen molar-refractivity contribution in [1.82, 2.24) is 14.7 Å². The molecule has 1 aliphatic carbocycles. The molecule has 0 unspecified atom stereocenters. The van der Waals surface area contributed by atoms with Crippen molar-refractivity contribution in [3.05, 3.63) is 12.4 Å². The van der Waals surface area contributed by atoms with Crippen molar-refractivity contribution in [3.8, 4) is 0 Å². The van der Waals surface area contributed by atoms with E-state index in [1.165, 1.54) is 0 Å². The third-order valence-electron chi connectivity index (χ3n) is 7.33. The van der Waals surface area contributed by atoms with Gasteiger partial charge < -0.3 is 18.9 Å². The summed E-state index contributed by atoms with van der Waals surface area (Å²) in [7, 11) is -0.366. The maximum atomic E-state index is 12.3. The molecule has 1 aromatic rings. The van der Waals surface area contributed by atoms with Gasteiger partial charge >= 0.3 is 13.2 Å². The molecule has 2 aliphatic heterocycles. The van der Waals surface area contributed by atoms with Crippen LogP contribution < -0.4 is 5.46 Å². The van der Waals surface area contributed by atoms with Crippen LogP contribution in [0.4, 0.5) is 4.79 Å². The average Bonchev–Trinajstić information content (AvgIpc) is 3.14. The molecular weight excluding hydrogens is 381 g/mol. The van der Waals surface area contributed by atoms with Crippen molar-refractivity contribution < 1.29 is 18.8 Å². The quantitative estimate of drug-likeness (QED) is 0.689. The Bertz CT molecular complexity index is 782. The molecule has 30 heavy (non-hydrogen) atoms. The maximum absolute atomic E-state index is 12.3. The van der Waals surface area contributed by atoms with Crippen LogP contribution in [-0.4, -0.2) is 57.8 Å². The maximum Gasteiger partial charge on any atom is 0.498 e. The summed E-state index contributed by atoms with van der Waals surface area (Å²) < 4.78 is 19.9. The SMILES string of the molecule is CC(C)(C)OC(=O)N1CCC2(CC1)CC(n1cc(B3OC(C)(C)C(C)(C)O3)cn1)C2. The van der Waals surface area contributed by atoms with Crippen molar-refractivity contribution >= 4 is 18.7 Å². The van der Waals surface area contributed by atoms with E-state index in [9.17, 15) is 4.79 Å². The lowest BCUT2D eigenvalue weighted by molar-refractivity contribution is -0.0258. The minimum atomic E-state index is -0.442. The van der Waals surface area contributed by atoms with E-state index in [4.69, 9.17) is 14.0 Å². The molecule has 1 amide bonds. The lowest BCUT2D eigenvalue weighted by Crippen LogP contribution is -2.50. The van der Waals surface area contributed by atoms with Crippen LogP contribution in [0.1, 0.15) is 80.2 Å². The summed E-state index contributed by atoms with van der Waals surface area (Å²) in [5, 5.41) is 4.61. The number of rotatable bonds is 2. The van der Waals surface area contributed by atoms with Crippen LogP contribution >= 0.6 is 0 Å². The molecule has 2 saturated heterocycles. The molecule has 0 radical (unpaired) electrons. The van der Waals surface area contributed by atoms with E-state index in [2.05, 4.69) is 43.7 Å². The molecule has 1 aromatic heterocycles. The summed E-state index contributed by atoms with van der Waals surface area (Å²) >= 11 is 0. The predicted molar refractivity (Wildman–Crippen MR) is 116 cm³/mol. The molecule has 3 aliphatic rings. The Kier molecular flexibility index (Phi) is 5.05. The van der Waals surface area contributed by atoms with Gasteiger partial charge in [-0.3, -0.25) is 4.68 Å². The second-order valence-electron chi connectivity index (χ2n) is 11.4. The van der Waals surface area contributed by atoms with Crippen LogP contribution in [0.15, 0.2) is 12.4 Å². The average molecular weight is 417 g/mol. The molecule has 0 bridgehead atoms. The zero-order valence-electron chi connectivity index (χ0n) is 19.5. The lowest BCUT2D eigenvalue weighted by Gasteiger charge is -2.52. The van der Waals surface area contributed by atoms with Gasteiger partial charge in [0, 0.05) is 30.9 Å². The van der Waals surface area contributed by atoms with Crippen molar-refractivity contribution in [2.75, 3.05) is 13.1 Å². The largest absolute Gasteiger partial charge is 0.498 e. The van der Waals surface area contributed by atoms with Crippen molar-refractivity contribution in [3.63, 3.8) is 0 Å². The first-order valence-electron chi connectivity index (χ1n) is 11.2. The first-order valence-corrected chi connectivity index (χ1v) is 11.2. The first-order chi connectivity index (χ1) is 13.8. The summed E-state index contributed by atoms with van der Waals surface area (Å²) in [5.74, 6) is 0. The second kappa shape index (κ2) is 6.99. The van der Waals surface area contributed by atoms with E-state index < -0.39 is 5.60 Å². The number of nitrogens with zero attached hydrogens (tertiary/aromatic N) is 3. The highest BCUT2D eigenvalue weighted by Gasteiger charge is 2.53. The fourth-order valence-corrected chi connectivity index (χ4v) is 4.68. The standard InChI is InChI=1S/C22H36BN3O4/c1-19(2,3)28-18(27)25-10-8-22(9-11-25)12-17(13-22)26-15-16(14-24-26)23-29-20(4,5)21(6,7)30-23/h14-15,17H,8-13H2,1-7H3. The summed E-state index contributed by atoms with van der Waals surface area (Å²) in [6.45, 7) is 15.6. The zero-order chi connectivity index (χ0) is 21.9. The van der Waals surface area contributed by atoms with Gasteiger partial charge in [-0.2, -0.15) is 5.10 Å². The second-order valence-corrected chi connectivity index (χ2v) is 11.4. The fourth-order valence-electron chi connectivity index (χ4n) is 4.68. The summed E-state index contributed by atoms with van der Waals surface area (Å²) in [6.07, 6.45) is 8.06. The van der Waals surface area contributed by atoms with Gasteiger partial charge in [0.05, 0.1) is 17.2 Å². The van der Waals surface area contributed by atoms with E-state index in [0.29, 0.717) is 11.5 Å². The molecule has 166 valence electrons. The van der Waals surface area contributed by atoms with E-state index in [-0.39, 0.29) is 24.4 Å². The number of piperidine rings is 1. The minimum Gasteiger partial charge on any atom is -0.444 e. The number of aromatic nitrogens is 2. The molecule has 3 heterocycles. The molecule has 4 rings (SSSR count). The number of hydrogen-bond acceptors (Lipinski definition) is 5. The summed E-state index contributed by atoms with van der Waals surface area (Å²) in [4.78, 5) is 14.2. The molecule has 7 nitrogen and oxygen atoms in total. The Balaban J connectivity index is 1.30. The summed E-state index contributed by atoms with van der Waals surface area (Å²) in [6, 6.07) is 0.411. The number of amides is 1. The van der Waals surface area contributed by atoms with Gasteiger partial charge in [-0.05, 0) is 79.6 Å². The highest BCUT2D eigenvalue weighted by Crippen LogP contribution is 2.54. The smallest absolute Gasteiger partial charge is 0.444 e. The van der Waals surface area contributed by atoms with Crippen LogP contribution in [0, 0.1) is 5.41 Å². The molecule has 0 atom stereocenters. The highest BCUT2D eigenvalue weighted by atomic mass is 16.7. The van der Waals surface area contributed by atoms with Gasteiger partial charge in [-0.15, -0.1) is 0 Å². The third kappa shape index (κ3) is 4.00. The Morgan fingerprint density at radius 2 is 1.70 bits per heavy atom. The topological polar surface area (TPSA) is 65.8 Å². The van der Waals surface area contributed by atoms with E-state index >= 15 is 0 Å². The van der Waals surface area contributed by atoms with Gasteiger partial charge in [-0.1, -0.05) is 0 Å². The molecular formula is C22H36BN3O4. The Hall–Kier alpha value is -1.54. The molecule has 0 N–H and O–H groups in total. The molecule has 3 fully saturated rings. The fraction of sp³-hybridized carbons (Fsp3) is 0.818. The Morgan fingerprint density at radius 3 is 2.23 bits per heavy atom. The van der Waals surface area contributed by atoms with Crippen LogP contribution in [0.5, 0.6) is 0 Å². The first kappa shape index (κ1) is 21.7. The number of hydrogen-bond donors (Lipinski definition) is 0. The van der Waals surface area contributed by atoms with Gasteiger partial charge in [-0.25, -0.2) is 4.79 Å². The van der Waals surface area contributed by atoms with Crippen molar-refractivity contribution in [2.24, 2.45) is 5.41 Å². The number of ether oxygens (including phenoxy) is 1. The van der Waals surface area contributed by atoms with Crippen LogP contribution in [0.3, 0.4) is 0 Å². The van der Waals surface area contributed by atoms with E-state index in [1.807, 2.05) is 31.9 Å². The van der Waals surface area contributed by atoms with E-state index in [0.717, 1.165) is 44.2 Å². The van der Waals surface area contributed by atoms with Crippen LogP contribution in [-0.2, 0) is 14.0 Å². The monoisotopic (exact) mass is 417 g/mol. The van der Waals surface area contributed by atoms with Crippen molar-refractivity contribution in [1.29, 1.82) is 0 Å². The van der Waals surface area contributed by atoms with E-state index in [1.54, 1.807) is 0 Å². The summed E-state index contributed by atoms with van der Waals surface area (Å²) in [5.41, 5.74) is 0.182. The van der Waals surface area contributed by atoms with Gasteiger partial charge in [0.2, 0.25) is 0 Å². The third-order valence-corrected chi connectivity index (χ3v) is 7.33. The van der Waals surface area contributed by atoms with Crippen LogP contribution in [0.25, 0.3) is 0 Å². The highest BCUT2D eigenvalue weighted by molar-refractivity contribution is 6.62. The predicted octanol–water partition coefficient (Wildman–Crippen LogP) is 3.53. The Morgan fingerprint density at radius 1 is 1.13 bits per heavy atom. The number of carbonyl (C=O) groups is 1. The van der Waals surface area contributed by atoms with Gasteiger partial charge in [0.25, 0.3) is 0 Å². The van der Waals surface area contributed by atoms with Gasteiger partial charge in [0.15, 0.2) is 0 Å². The Labute approximate surface area is 180 Å². The minimum absolute atomic E-state index is 0.188. The molecule has 1 saturated carbocycles. The molecule has 0 aromatic carbocycles. The van der Waals surface area contributed by atoms with Gasteiger partial charge in [0.1, 0.15) is 5.60 Å². The molecule has 1 spiro atoms. The lowest BCUT2D eigenvalue weighted by atomic mass is 9.60.